The van der Waals surface area contributed by atoms with Gasteiger partial charge in [-0.3, -0.25) is 9.20 Å². The van der Waals surface area contributed by atoms with Crippen molar-refractivity contribution in [3.8, 4) is 6.07 Å². The lowest BCUT2D eigenvalue weighted by molar-refractivity contribution is 0.436. The molecule has 3 heterocycles. The van der Waals surface area contributed by atoms with Crippen LogP contribution in [0.1, 0.15) is 30.9 Å². The van der Waals surface area contributed by atoms with E-state index in [9.17, 15) is 18.5 Å². The fourth-order valence-electron chi connectivity index (χ4n) is 3.93. The minimum absolute atomic E-state index is 0.0715. The number of rotatable bonds is 4. The second kappa shape index (κ2) is 9.00. The number of halogens is 1. The molecule has 1 aliphatic rings. The quantitative estimate of drug-likeness (QED) is 0.516. The van der Waals surface area contributed by atoms with E-state index in [4.69, 9.17) is 16.6 Å². The number of aryl methyl sites for hydroxylation is 1. The summed E-state index contributed by atoms with van der Waals surface area (Å²) < 4.78 is 27.7. The average Bonchev–Trinajstić information content (AvgIpc) is 2.79. The van der Waals surface area contributed by atoms with Gasteiger partial charge < -0.3 is 4.90 Å². The molecule has 0 aliphatic carbocycles. The third kappa shape index (κ3) is 4.39. The van der Waals surface area contributed by atoms with E-state index in [1.165, 1.54) is 28.7 Å². The summed E-state index contributed by atoms with van der Waals surface area (Å²) in [4.78, 5) is 19.7. The summed E-state index contributed by atoms with van der Waals surface area (Å²) in [5.74, 6) is 0.962. The maximum absolute atomic E-state index is 13.5. The standard InChI is InChI=1S/C24H23ClN4O3S/c1-16-9-12-28(13-10-16)23-21(24(30)29-11-3-4-17(2)22(29)27-23)14-20(15-26)33(31,32)19-7-5-18(25)6-8-19/h3-8,11,14,16H,9-10,12-13H2,1-2H3/b20-14+. The van der Waals surface area contributed by atoms with Crippen LogP contribution >= 0.6 is 11.6 Å². The number of aromatic nitrogens is 2. The fraction of sp³-hybridized carbons (Fsp3) is 0.292. The van der Waals surface area contributed by atoms with Crippen molar-refractivity contribution in [3.05, 3.63) is 74.0 Å². The molecule has 1 saturated heterocycles. The summed E-state index contributed by atoms with van der Waals surface area (Å²) in [7, 11) is -4.15. The Morgan fingerprint density at radius 1 is 1.21 bits per heavy atom. The zero-order valence-corrected chi connectivity index (χ0v) is 19.9. The largest absolute Gasteiger partial charge is 0.356 e. The number of benzene rings is 1. The van der Waals surface area contributed by atoms with Gasteiger partial charge in [-0.15, -0.1) is 0 Å². The van der Waals surface area contributed by atoms with Crippen molar-refractivity contribution in [2.24, 2.45) is 5.92 Å². The molecular formula is C24H23ClN4O3S. The Balaban J connectivity index is 1.95. The van der Waals surface area contributed by atoms with Gasteiger partial charge in [0.05, 0.1) is 10.5 Å². The van der Waals surface area contributed by atoms with Gasteiger partial charge in [0, 0.05) is 24.3 Å². The lowest BCUT2D eigenvalue weighted by Gasteiger charge is -2.32. The molecule has 0 saturated carbocycles. The van der Waals surface area contributed by atoms with E-state index in [1.54, 1.807) is 18.3 Å². The Morgan fingerprint density at radius 2 is 1.88 bits per heavy atom. The average molecular weight is 483 g/mol. The van der Waals surface area contributed by atoms with Crippen molar-refractivity contribution in [2.75, 3.05) is 18.0 Å². The number of hydrogen-bond acceptors (Lipinski definition) is 6. The number of anilines is 1. The number of piperidine rings is 1. The third-order valence-electron chi connectivity index (χ3n) is 5.95. The van der Waals surface area contributed by atoms with E-state index < -0.39 is 20.3 Å². The number of nitriles is 1. The number of pyridine rings is 1. The van der Waals surface area contributed by atoms with Crippen molar-refractivity contribution < 1.29 is 8.42 Å². The van der Waals surface area contributed by atoms with Crippen LogP contribution in [-0.4, -0.2) is 30.9 Å². The van der Waals surface area contributed by atoms with Gasteiger partial charge in [-0.25, -0.2) is 13.4 Å². The molecule has 1 aliphatic heterocycles. The van der Waals surface area contributed by atoms with E-state index in [1.807, 2.05) is 17.9 Å². The van der Waals surface area contributed by atoms with Crippen molar-refractivity contribution >= 4 is 39.0 Å². The highest BCUT2D eigenvalue weighted by molar-refractivity contribution is 7.95. The highest BCUT2D eigenvalue weighted by Gasteiger charge is 2.26. The predicted octanol–water partition coefficient (Wildman–Crippen LogP) is 4.23. The summed E-state index contributed by atoms with van der Waals surface area (Å²) in [5.41, 5.74) is 0.997. The number of sulfone groups is 1. The van der Waals surface area contributed by atoms with Gasteiger partial charge in [-0.2, -0.15) is 5.26 Å². The van der Waals surface area contributed by atoms with Gasteiger partial charge in [-0.05, 0) is 67.7 Å². The Labute approximate surface area is 197 Å². The van der Waals surface area contributed by atoms with E-state index >= 15 is 0 Å². The van der Waals surface area contributed by atoms with Crippen LogP contribution in [0.4, 0.5) is 5.82 Å². The highest BCUT2D eigenvalue weighted by Crippen LogP contribution is 2.28. The molecule has 4 rings (SSSR count). The van der Waals surface area contributed by atoms with Crippen LogP contribution in [0.3, 0.4) is 0 Å². The van der Waals surface area contributed by atoms with Crippen LogP contribution in [0.2, 0.25) is 5.02 Å². The molecule has 7 nitrogen and oxygen atoms in total. The van der Waals surface area contributed by atoms with Crippen LogP contribution in [0.5, 0.6) is 0 Å². The number of fused-ring (bicyclic) bond motifs is 1. The fourth-order valence-corrected chi connectivity index (χ4v) is 5.20. The minimum Gasteiger partial charge on any atom is -0.356 e. The molecule has 0 amide bonds. The maximum atomic E-state index is 13.5. The van der Waals surface area contributed by atoms with Crippen LogP contribution in [0.15, 0.2) is 57.2 Å². The van der Waals surface area contributed by atoms with Gasteiger partial charge >= 0.3 is 0 Å². The summed E-state index contributed by atoms with van der Waals surface area (Å²) in [5, 5.41) is 10.1. The van der Waals surface area contributed by atoms with Crippen LogP contribution in [-0.2, 0) is 9.84 Å². The first kappa shape index (κ1) is 23.0. The molecular weight excluding hydrogens is 460 g/mol. The zero-order valence-electron chi connectivity index (χ0n) is 18.3. The van der Waals surface area contributed by atoms with Gasteiger partial charge in [0.2, 0.25) is 9.84 Å². The second-order valence-corrected chi connectivity index (χ2v) is 10.6. The number of allylic oxidation sites excluding steroid dienone is 1. The first-order chi connectivity index (χ1) is 15.7. The first-order valence-electron chi connectivity index (χ1n) is 10.6. The molecule has 170 valence electrons. The number of hydrogen-bond donors (Lipinski definition) is 0. The van der Waals surface area contributed by atoms with Crippen LogP contribution < -0.4 is 10.5 Å². The van der Waals surface area contributed by atoms with Gasteiger partial charge in [0.15, 0.2) is 0 Å². The molecule has 0 spiro atoms. The molecule has 0 N–H and O–H groups in total. The third-order valence-corrected chi connectivity index (χ3v) is 7.88. The molecule has 33 heavy (non-hydrogen) atoms. The molecule has 0 unspecified atom stereocenters. The molecule has 0 radical (unpaired) electrons. The Kier molecular flexibility index (Phi) is 6.28. The van der Waals surface area contributed by atoms with Gasteiger partial charge in [-0.1, -0.05) is 24.6 Å². The zero-order chi connectivity index (χ0) is 23.8. The molecule has 3 aromatic rings. The summed E-state index contributed by atoms with van der Waals surface area (Å²) in [6, 6.07) is 10.9. The predicted molar refractivity (Wildman–Crippen MR) is 129 cm³/mol. The lowest BCUT2D eigenvalue weighted by Crippen LogP contribution is -2.36. The maximum Gasteiger partial charge on any atom is 0.267 e. The molecule has 2 aromatic heterocycles. The smallest absolute Gasteiger partial charge is 0.267 e. The topological polar surface area (TPSA) is 95.5 Å². The summed E-state index contributed by atoms with van der Waals surface area (Å²) in [6.45, 7) is 5.44. The molecule has 0 atom stereocenters. The van der Waals surface area contributed by atoms with Crippen molar-refractivity contribution in [1.29, 1.82) is 5.26 Å². The normalized spacial score (nSPS) is 15.6. The second-order valence-electron chi connectivity index (χ2n) is 8.29. The molecule has 0 bridgehead atoms. The van der Waals surface area contributed by atoms with E-state index in [0.717, 1.165) is 24.5 Å². The summed E-state index contributed by atoms with van der Waals surface area (Å²) >= 11 is 5.88. The SMILES string of the molecule is Cc1cccn2c(=O)c(/C=C(\C#N)S(=O)(=O)c3ccc(Cl)cc3)c(N3CCC(C)CC3)nc12. The Bertz CT molecular complexity index is 1450. The van der Waals surface area contributed by atoms with E-state index in [-0.39, 0.29) is 10.5 Å². The van der Waals surface area contributed by atoms with Crippen molar-refractivity contribution in [2.45, 2.75) is 31.6 Å². The van der Waals surface area contributed by atoms with E-state index in [2.05, 4.69) is 6.92 Å². The number of nitrogens with zero attached hydrogens (tertiary/aromatic N) is 4. The monoisotopic (exact) mass is 482 g/mol. The molecule has 1 fully saturated rings. The Hall–Kier alpha value is -3.15. The van der Waals surface area contributed by atoms with Crippen LogP contribution in [0.25, 0.3) is 11.7 Å². The van der Waals surface area contributed by atoms with Gasteiger partial charge in [0.25, 0.3) is 5.56 Å². The first-order valence-corrected chi connectivity index (χ1v) is 12.5. The lowest BCUT2D eigenvalue weighted by atomic mass is 9.99. The summed E-state index contributed by atoms with van der Waals surface area (Å²) in [6.07, 6.45) is 4.62. The Morgan fingerprint density at radius 3 is 2.52 bits per heavy atom. The van der Waals surface area contributed by atoms with E-state index in [0.29, 0.717) is 35.5 Å². The van der Waals surface area contributed by atoms with Crippen molar-refractivity contribution in [3.63, 3.8) is 0 Å². The van der Waals surface area contributed by atoms with Crippen molar-refractivity contribution in [1.82, 2.24) is 9.38 Å². The van der Waals surface area contributed by atoms with Gasteiger partial charge in [0.1, 0.15) is 22.4 Å². The molecule has 9 heteroatoms. The minimum atomic E-state index is -4.15. The molecule has 1 aromatic carbocycles. The highest BCUT2D eigenvalue weighted by atomic mass is 35.5. The van der Waals surface area contributed by atoms with Crippen LogP contribution in [0, 0.1) is 24.2 Å².